The molecule has 0 fully saturated rings. The lowest BCUT2D eigenvalue weighted by Crippen LogP contribution is -2.38. The summed E-state index contributed by atoms with van der Waals surface area (Å²) in [4.78, 5) is 22.7. The summed E-state index contributed by atoms with van der Waals surface area (Å²) in [6.45, 7) is 0. The molecular weight excluding hydrogens is 414 g/mol. The minimum atomic E-state index is -3.69. The third-order valence-corrected chi connectivity index (χ3v) is 7.50. The van der Waals surface area contributed by atoms with E-state index in [0.717, 1.165) is 16.7 Å². The Hall–Kier alpha value is -2.22. The van der Waals surface area contributed by atoms with Gasteiger partial charge in [0, 0.05) is 17.9 Å². The Kier molecular flexibility index (Phi) is 6.41. The lowest BCUT2D eigenvalue weighted by molar-refractivity contribution is -0.138. The van der Waals surface area contributed by atoms with Crippen molar-refractivity contribution < 1.29 is 23.1 Å². The van der Waals surface area contributed by atoms with Crippen LogP contribution >= 0.6 is 11.6 Å². The van der Waals surface area contributed by atoms with Gasteiger partial charge < -0.3 is 10.8 Å². The van der Waals surface area contributed by atoms with E-state index in [1.807, 2.05) is 18.2 Å². The first-order chi connectivity index (χ1) is 13.7. The van der Waals surface area contributed by atoms with Crippen LogP contribution in [-0.4, -0.2) is 30.7 Å². The van der Waals surface area contributed by atoms with Crippen molar-refractivity contribution in [3.8, 4) is 0 Å². The maximum Gasteiger partial charge on any atom is 0.303 e. The summed E-state index contributed by atoms with van der Waals surface area (Å²) in [6.07, 6.45) is 1.06. The topological polar surface area (TPSA) is 115 Å². The van der Waals surface area contributed by atoms with Crippen molar-refractivity contribution in [1.29, 1.82) is 0 Å². The molecule has 2 atom stereocenters. The Morgan fingerprint density at radius 3 is 2.38 bits per heavy atom. The summed E-state index contributed by atoms with van der Waals surface area (Å²) in [5, 5.41) is 8.09. The molecule has 0 amide bonds. The first-order valence-corrected chi connectivity index (χ1v) is 11.2. The van der Waals surface area contributed by atoms with E-state index in [0.29, 0.717) is 17.9 Å². The zero-order valence-corrected chi connectivity index (χ0v) is 17.2. The molecule has 3 N–H and O–H groups in total. The summed E-state index contributed by atoms with van der Waals surface area (Å²) >= 11 is 5.84. The molecule has 1 aliphatic rings. The number of sulfone groups is 1. The second-order valence-electron chi connectivity index (χ2n) is 7.34. The number of hydrogen-bond acceptors (Lipinski definition) is 5. The molecule has 3 rings (SSSR count). The van der Waals surface area contributed by atoms with E-state index in [-0.39, 0.29) is 35.9 Å². The maximum atomic E-state index is 12.9. The van der Waals surface area contributed by atoms with Crippen LogP contribution < -0.4 is 5.73 Å². The molecule has 154 valence electrons. The highest BCUT2D eigenvalue weighted by Crippen LogP contribution is 2.32. The molecule has 0 aliphatic heterocycles. The van der Waals surface area contributed by atoms with Crippen molar-refractivity contribution in [2.75, 3.05) is 0 Å². The number of carbonyl (C=O) groups excluding carboxylic acids is 1. The van der Waals surface area contributed by atoms with E-state index < -0.39 is 21.2 Å². The summed E-state index contributed by atoms with van der Waals surface area (Å²) in [6, 6.07) is 11.6. The number of Topliss-reactive ketones (excluding diaryl/α,β-unsaturated/α-hetero) is 1. The average Bonchev–Trinajstić information content (AvgIpc) is 3.09. The minimum Gasteiger partial charge on any atom is -0.481 e. The van der Waals surface area contributed by atoms with Gasteiger partial charge in [-0.2, -0.15) is 0 Å². The average molecular weight is 436 g/mol. The van der Waals surface area contributed by atoms with Crippen LogP contribution in [0.3, 0.4) is 0 Å². The second kappa shape index (κ2) is 8.65. The fourth-order valence-electron chi connectivity index (χ4n) is 3.64. The molecule has 2 aromatic carbocycles. The summed E-state index contributed by atoms with van der Waals surface area (Å²) in [7, 11) is -3.69. The number of hydrogen-bond donors (Lipinski definition) is 2. The van der Waals surface area contributed by atoms with Gasteiger partial charge in [-0.3, -0.25) is 9.59 Å². The molecule has 6 nitrogen and oxygen atoms in total. The normalized spacial score (nSPS) is 17.0. The highest BCUT2D eigenvalue weighted by Gasteiger charge is 2.35. The van der Waals surface area contributed by atoms with E-state index in [2.05, 4.69) is 0 Å². The van der Waals surface area contributed by atoms with Gasteiger partial charge >= 0.3 is 5.97 Å². The fourth-order valence-corrected chi connectivity index (χ4v) is 5.30. The van der Waals surface area contributed by atoms with Gasteiger partial charge in [0.1, 0.15) is 11.2 Å². The highest BCUT2D eigenvalue weighted by atomic mass is 35.5. The van der Waals surface area contributed by atoms with E-state index in [4.69, 9.17) is 22.4 Å². The number of nitrogens with two attached hydrogens (primary N) is 1. The number of benzene rings is 2. The Labute approximate surface area is 174 Å². The first kappa shape index (κ1) is 21.5. The lowest BCUT2D eigenvalue weighted by Gasteiger charge is -2.19. The van der Waals surface area contributed by atoms with Gasteiger partial charge in [-0.1, -0.05) is 29.8 Å². The Morgan fingerprint density at radius 1 is 1.07 bits per heavy atom. The van der Waals surface area contributed by atoms with Crippen LogP contribution in [0.1, 0.15) is 29.5 Å². The van der Waals surface area contributed by atoms with Gasteiger partial charge in [-0.25, -0.2) is 8.42 Å². The largest absolute Gasteiger partial charge is 0.481 e. The lowest BCUT2D eigenvalue weighted by atomic mass is 10.0. The Bertz CT molecular complexity index is 1030. The van der Waals surface area contributed by atoms with E-state index >= 15 is 0 Å². The quantitative estimate of drug-likeness (QED) is 0.658. The van der Waals surface area contributed by atoms with Crippen molar-refractivity contribution >= 4 is 33.2 Å². The maximum absolute atomic E-state index is 12.9. The van der Waals surface area contributed by atoms with Crippen LogP contribution in [0.25, 0.3) is 0 Å². The number of carbonyl (C=O) groups is 2. The Morgan fingerprint density at radius 2 is 1.72 bits per heavy atom. The highest BCUT2D eigenvalue weighted by molar-refractivity contribution is 7.92. The molecule has 0 aromatic heterocycles. The zero-order valence-electron chi connectivity index (χ0n) is 15.7. The van der Waals surface area contributed by atoms with Crippen LogP contribution in [0, 0.1) is 5.92 Å². The molecule has 2 unspecified atom stereocenters. The van der Waals surface area contributed by atoms with E-state index in [9.17, 15) is 18.0 Å². The molecule has 2 aromatic rings. The smallest absolute Gasteiger partial charge is 0.303 e. The number of fused-ring (bicyclic) bond motifs is 1. The number of aliphatic carboxylic acids is 1. The number of carboxylic acid groups (broad SMARTS) is 1. The molecular formula is C21H22ClNO5S. The second-order valence-corrected chi connectivity index (χ2v) is 9.89. The van der Waals surface area contributed by atoms with E-state index in [1.54, 1.807) is 0 Å². The van der Waals surface area contributed by atoms with Crippen LogP contribution in [0.4, 0.5) is 0 Å². The van der Waals surface area contributed by atoms with Crippen molar-refractivity contribution in [1.82, 2.24) is 0 Å². The molecule has 1 aliphatic carbocycles. The number of carboxylic acids is 1. The molecule has 0 saturated carbocycles. The fraction of sp³-hybridized carbons (Fsp3) is 0.333. The standard InChI is InChI=1S/C21H22ClNO5S/c22-17-3-6-19(7-4-17)29(27,28)21(23)16-11-14-2-1-13(9-15(14)12-16)10-18(24)5-8-20(25)26/h1-4,6-7,9,16,21H,5,8,10-12,23H2,(H,25,26). The monoisotopic (exact) mass is 435 g/mol. The van der Waals surface area contributed by atoms with Gasteiger partial charge in [0.2, 0.25) is 0 Å². The number of halogens is 1. The predicted molar refractivity (Wildman–Crippen MR) is 110 cm³/mol. The van der Waals surface area contributed by atoms with Gasteiger partial charge in [0.25, 0.3) is 0 Å². The van der Waals surface area contributed by atoms with Crippen LogP contribution in [0.2, 0.25) is 5.02 Å². The third-order valence-electron chi connectivity index (χ3n) is 5.22. The molecule has 0 saturated heterocycles. The third kappa shape index (κ3) is 5.04. The number of ketones is 1. The summed E-state index contributed by atoms with van der Waals surface area (Å²) < 4.78 is 25.7. The van der Waals surface area contributed by atoms with Gasteiger partial charge in [0.05, 0.1) is 11.3 Å². The molecule has 0 bridgehead atoms. The van der Waals surface area contributed by atoms with Crippen molar-refractivity contribution in [2.24, 2.45) is 11.7 Å². The van der Waals surface area contributed by atoms with Crippen molar-refractivity contribution in [3.63, 3.8) is 0 Å². The zero-order chi connectivity index (χ0) is 21.2. The molecule has 0 radical (unpaired) electrons. The van der Waals surface area contributed by atoms with Gasteiger partial charge in [0.15, 0.2) is 9.84 Å². The van der Waals surface area contributed by atoms with Crippen molar-refractivity contribution in [2.45, 2.75) is 42.4 Å². The van der Waals surface area contributed by atoms with Crippen LogP contribution in [0.5, 0.6) is 0 Å². The van der Waals surface area contributed by atoms with Crippen molar-refractivity contribution in [3.05, 3.63) is 64.2 Å². The SMILES string of the molecule is NC(C1Cc2ccc(CC(=O)CCC(=O)O)cc2C1)S(=O)(=O)c1ccc(Cl)cc1. The molecule has 29 heavy (non-hydrogen) atoms. The molecule has 8 heteroatoms. The van der Waals surface area contributed by atoms with Gasteiger partial charge in [-0.05, 0) is 59.7 Å². The molecule has 0 spiro atoms. The molecule has 0 heterocycles. The predicted octanol–water partition coefficient (Wildman–Crippen LogP) is 2.79. The van der Waals surface area contributed by atoms with Crippen LogP contribution in [-0.2, 0) is 38.7 Å². The first-order valence-electron chi connectivity index (χ1n) is 9.26. The van der Waals surface area contributed by atoms with Crippen LogP contribution in [0.15, 0.2) is 47.4 Å². The summed E-state index contributed by atoms with van der Waals surface area (Å²) in [5.74, 6) is -1.39. The Balaban J connectivity index is 1.70. The minimum absolute atomic E-state index is 0.000741. The summed E-state index contributed by atoms with van der Waals surface area (Å²) in [5.41, 5.74) is 8.97. The van der Waals surface area contributed by atoms with E-state index in [1.165, 1.54) is 24.3 Å². The number of rotatable bonds is 8. The van der Waals surface area contributed by atoms with Gasteiger partial charge in [-0.15, -0.1) is 0 Å².